The zero-order valence-electron chi connectivity index (χ0n) is 34.2. The molecule has 4 aromatic rings. The zero-order valence-corrected chi connectivity index (χ0v) is 34.2. The number of nitrogens with zero attached hydrogens (tertiary/aromatic N) is 1. The van der Waals surface area contributed by atoms with Crippen molar-refractivity contribution in [1.82, 2.24) is 4.98 Å². The second-order valence-corrected chi connectivity index (χ2v) is 13.6. The third-order valence-electron chi connectivity index (χ3n) is 8.78. The van der Waals surface area contributed by atoms with Crippen LogP contribution in [0.15, 0.2) is 78.9 Å². The van der Waals surface area contributed by atoms with Crippen LogP contribution in [0.25, 0.3) is 0 Å². The number of hydrogen-bond acceptors (Lipinski definition) is 16. The minimum Gasteiger partial charge on any atom is -0.491 e. The van der Waals surface area contributed by atoms with Gasteiger partial charge in [0.25, 0.3) is 0 Å². The summed E-state index contributed by atoms with van der Waals surface area (Å²) in [6.07, 6.45) is 0. The summed E-state index contributed by atoms with van der Waals surface area (Å²) in [5, 5.41) is 0. The summed E-state index contributed by atoms with van der Waals surface area (Å²) in [6, 6.07) is 23.2. The summed E-state index contributed by atoms with van der Waals surface area (Å²) in [4.78, 5) is 31.7. The van der Waals surface area contributed by atoms with Crippen LogP contribution in [0.2, 0.25) is 0 Å². The van der Waals surface area contributed by atoms with Gasteiger partial charge >= 0.3 is 11.9 Å². The van der Waals surface area contributed by atoms with Crippen LogP contribution in [-0.2, 0) is 69.1 Å². The molecule has 8 bridgehead atoms. The standard InChI is InChI=1S/C45H53NO15/c47-44-42-26-37(31-55-30-34-4-2-1-3-5-34)27-43(46-42)45(48)61-33-36-24-40-29-41(25-36)59-21-17-54-13-9-50-8-12-53-16-20-58-39-23-35(32-60-44)22-38(28-39)56-18-14-51-10-6-49-7-11-52-15-19-57-40/h1-5,22-29H,6-21,30-33H2. The van der Waals surface area contributed by atoms with Crippen molar-refractivity contribution >= 4 is 11.9 Å². The number of ether oxygens (including phenoxy) is 13. The first-order chi connectivity index (χ1) is 30.1. The van der Waals surface area contributed by atoms with Gasteiger partial charge in [-0.3, -0.25) is 0 Å². The predicted molar refractivity (Wildman–Crippen MR) is 217 cm³/mol. The molecule has 0 amide bonds. The van der Waals surface area contributed by atoms with Gasteiger partial charge in [-0.15, -0.1) is 0 Å². The zero-order chi connectivity index (χ0) is 42.2. The molecular weight excluding hydrogens is 794 g/mol. The van der Waals surface area contributed by atoms with Crippen LogP contribution in [0.5, 0.6) is 23.0 Å². The molecule has 3 heterocycles. The number of rotatable bonds is 4. The number of carbonyl (C=O) groups is 2. The average molecular weight is 848 g/mol. The van der Waals surface area contributed by atoms with Gasteiger partial charge in [-0.1, -0.05) is 30.3 Å². The first kappa shape index (κ1) is 45.2. The Kier molecular flexibility index (Phi) is 19.3. The van der Waals surface area contributed by atoms with Crippen molar-refractivity contribution in [2.24, 2.45) is 0 Å². The van der Waals surface area contributed by atoms with Crippen molar-refractivity contribution in [3.8, 4) is 23.0 Å². The Balaban J connectivity index is 1.26. The van der Waals surface area contributed by atoms with E-state index in [9.17, 15) is 9.59 Å². The van der Waals surface area contributed by atoms with E-state index in [4.69, 9.17) is 61.6 Å². The molecule has 0 N–H and O–H groups in total. The molecule has 3 aromatic carbocycles. The Morgan fingerprint density at radius 1 is 0.393 bits per heavy atom. The average Bonchev–Trinajstić information content (AvgIpc) is 3.27. The van der Waals surface area contributed by atoms with Crippen LogP contribution in [-0.4, -0.2) is 123 Å². The fraction of sp³-hybridized carbons (Fsp3) is 0.444. The minimum absolute atomic E-state index is 0.0824. The minimum atomic E-state index is -0.764. The Morgan fingerprint density at radius 3 is 1.11 bits per heavy atom. The fourth-order valence-corrected chi connectivity index (χ4v) is 5.91. The summed E-state index contributed by atoms with van der Waals surface area (Å²) < 4.78 is 75.4. The van der Waals surface area contributed by atoms with Gasteiger partial charge in [0.1, 0.15) is 74.0 Å². The number of esters is 2. The van der Waals surface area contributed by atoms with Crippen molar-refractivity contribution < 1.29 is 71.2 Å². The van der Waals surface area contributed by atoms with E-state index in [1.165, 1.54) is 12.1 Å². The highest BCUT2D eigenvalue weighted by molar-refractivity contribution is 5.92. The molecule has 0 radical (unpaired) electrons. The summed E-state index contributed by atoms with van der Waals surface area (Å²) in [5.41, 5.74) is 2.46. The van der Waals surface area contributed by atoms with Gasteiger partial charge in [-0.25, -0.2) is 14.6 Å². The van der Waals surface area contributed by atoms with E-state index in [-0.39, 0.29) is 57.6 Å². The molecule has 0 saturated heterocycles. The predicted octanol–water partition coefficient (Wildman–Crippen LogP) is 5.15. The molecule has 0 saturated carbocycles. The van der Waals surface area contributed by atoms with Gasteiger partial charge < -0.3 is 61.6 Å². The maximum atomic E-state index is 13.6. The molecule has 0 fully saturated rings. The van der Waals surface area contributed by atoms with Crippen LogP contribution >= 0.6 is 0 Å². The third kappa shape index (κ3) is 16.9. The molecule has 0 aliphatic carbocycles. The first-order valence-electron chi connectivity index (χ1n) is 20.3. The molecule has 61 heavy (non-hydrogen) atoms. The molecule has 0 unspecified atom stereocenters. The molecule has 16 nitrogen and oxygen atoms in total. The lowest BCUT2D eigenvalue weighted by molar-refractivity contribution is 0.00430. The highest BCUT2D eigenvalue weighted by Gasteiger charge is 2.19. The van der Waals surface area contributed by atoms with Crippen molar-refractivity contribution in [1.29, 1.82) is 0 Å². The number of pyridine rings is 1. The van der Waals surface area contributed by atoms with Gasteiger partial charge in [0.05, 0.1) is 92.5 Å². The molecule has 328 valence electrons. The van der Waals surface area contributed by atoms with Gasteiger partial charge in [-0.2, -0.15) is 0 Å². The van der Waals surface area contributed by atoms with Crippen LogP contribution < -0.4 is 18.9 Å². The van der Waals surface area contributed by atoms with E-state index in [2.05, 4.69) is 4.98 Å². The number of fused-ring (bicyclic) bond motifs is 8. The lowest BCUT2D eigenvalue weighted by Crippen LogP contribution is -2.16. The van der Waals surface area contributed by atoms with Gasteiger partial charge in [-0.05, 0) is 58.7 Å². The van der Waals surface area contributed by atoms with Crippen molar-refractivity contribution in [2.45, 2.75) is 26.4 Å². The van der Waals surface area contributed by atoms with Gasteiger partial charge in [0, 0.05) is 12.1 Å². The first-order valence-corrected chi connectivity index (χ1v) is 20.3. The largest absolute Gasteiger partial charge is 0.491 e. The van der Waals surface area contributed by atoms with E-state index in [0.717, 1.165) is 5.56 Å². The Morgan fingerprint density at radius 2 is 0.738 bits per heavy atom. The molecule has 1 aromatic heterocycles. The Bertz CT molecular complexity index is 1750. The normalized spacial score (nSPS) is 17.6. The SMILES string of the molecule is O=C1OCc2cc3cc(c2)OCCOCCOCCOCCOc2cc(cc(c2)OCCOCCOCCOCCO3)COC(=O)c2cc(COCc3ccccc3)cc1n2. The molecule has 0 atom stereocenters. The van der Waals surface area contributed by atoms with E-state index in [0.29, 0.717) is 126 Å². The van der Waals surface area contributed by atoms with Gasteiger partial charge in [0.2, 0.25) is 0 Å². The van der Waals surface area contributed by atoms with E-state index in [1.54, 1.807) is 36.4 Å². The van der Waals surface area contributed by atoms with Crippen LogP contribution in [0.1, 0.15) is 43.2 Å². The second kappa shape index (κ2) is 26.1. The second-order valence-electron chi connectivity index (χ2n) is 13.6. The highest BCUT2D eigenvalue weighted by Crippen LogP contribution is 2.26. The van der Waals surface area contributed by atoms with Crippen molar-refractivity contribution in [2.75, 3.05) is 106 Å². The molecule has 2 aliphatic rings. The van der Waals surface area contributed by atoms with Crippen LogP contribution in [0.4, 0.5) is 0 Å². The maximum absolute atomic E-state index is 13.6. The van der Waals surface area contributed by atoms with Crippen LogP contribution in [0.3, 0.4) is 0 Å². The van der Waals surface area contributed by atoms with Gasteiger partial charge in [0.15, 0.2) is 0 Å². The summed E-state index contributed by atoms with van der Waals surface area (Å²) >= 11 is 0. The lowest BCUT2D eigenvalue weighted by Gasteiger charge is -2.15. The van der Waals surface area contributed by atoms with Crippen molar-refractivity contribution in [3.05, 3.63) is 113 Å². The quantitative estimate of drug-likeness (QED) is 0.247. The smallest absolute Gasteiger partial charge is 0.357 e. The maximum Gasteiger partial charge on any atom is 0.357 e. The number of benzene rings is 3. The molecule has 16 heteroatoms. The Hall–Kier alpha value is -5.33. The van der Waals surface area contributed by atoms with E-state index in [1.807, 2.05) is 30.3 Å². The molecular formula is C45H53NO15. The monoisotopic (exact) mass is 847 g/mol. The number of carbonyl (C=O) groups excluding carboxylic acids is 2. The Labute approximate surface area is 355 Å². The van der Waals surface area contributed by atoms with Crippen LogP contribution in [0, 0.1) is 0 Å². The van der Waals surface area contributed by atoms with E-state index >= 15 is 0 Å². The summed E-state index contributed by atoms with van der Waals surface area (Å²) in [6.45, 7) is 5.37. The van der Waals surface area contributed by atoms with E-state index < -0.39 is 11.9 Å². The fourth-order valence-electron chi connectivity index (χ4n) is 5.91. The lowest BCUT2D eigenvalue weighted by atomic mass is 10.2. The highest BCUT2D eigenvalue weighted by atomic mass is 16.6. The molecule has 2 aliphatic heterocycles. The van der Waals surface area contributed by atoms with Crippen molar-refractivity contribution in [3.63, 3.8) is 0 Å². The number of aromatic nitrogens is 1. The topological polar surface area (TPSA) is 167 Å². The third-order valence-corrected chi connectivity index (χ3v) is 8.78. The summed E-state index contributed by atoms with van der Waals surface area (Å²) in [7, 11) is 0. The molecule has 0 spiro atoms. The molecule has 6 rings (SSSR count). The summed E-state index contributed by atoms with van der Waals surface area (Å²) in [5.74, 6) is 0.412. The number of hydrogen-bond donors (Lipinski definition) is 0.